The van der Waals surface area contributed by atoms with Gasteiger partial charge in [-0.15, -0.1) is 10.2 Å². The lowest BCUT2D eigenvalue weighted by molar-refractivity contribution is 0.0726. The average Bonchev–Trinajstić information content (AvgIpc) is 2.75. The molecule has 0 aliphatic carbocycles. The number of aromatic nitrogens is 2. The van der Waals surface area contributed by atoms with Gasteiger partial charge in [-0.05, 0) is 29.3 Å². The highest BCUT2D eigenvalue weighted by molar-refractivity contribution is 6.33. The number of hydrogen-bond donors (Lipinski definition) is 0. The number of hydrogen-bond acceptors (Lipinski definition) is 4. The Morgan fingerprint density at radius 1 is 0.679 bits per heavy atom. The number of carbonyl (C=O) groups is 1. The summed E-state index contributed by atoms with van der Waals surface area (Å²) in [6, 6.07) is 28.3. The molecule has 0 aliphatic heterocycles. The molecule has 4 aromatic rings. The molecule has 0 spiro atoms. The van der Waals surface area contributed by atoms with E-state index in [0.717, 1.165) is 16.7 Å². The number of rotatable bonds is 4. The fourth-order valence-corrected chi connectivity index (χ4v) is 2.98. The molecule has 0 saturated heterocycles. The van der Waals surface area contributed by atoms with Crippen LogP contribution in [0.5, 0.6) is 5.88 Å². The predicted octanol–water partition coefficient (Wildman–Crippen LogP) is 5.68. The smallest absolute Gasteiger partial charge is 0.346 e. The van der Waals surface area contributed by atoms with Crippen LogP contribution in [0.25, 0.3) is 22.4 Å². The number of esters is 1. The van der Waals surface area contributed by atoms with Crippen molar-refractivity contribution in [3.05, 3.63) is 102 Å². The lowest BCUT2D eigenvalue weighted by Crippen LogP contribution is -2.10. The Morgan fingerprint density at radius 2 is 1.32 bits per heavy atom. The molecule has 0 aliphatic rings. The molecule has 3 aromatic carbocycles. The highest BCUT2D eigenvalue weighted by atomic mass is 35.5. The Kier molecular flexibility index (Phi) is 5.13. The zero-order valence-corrected chi connectivity index (χ0v) is 15.5. The zero-order valence-electron chi connectivity index (χ0n) is 14.7. The third-order valence-electron chi connectivity index (χ3n) is 4.22. The first-order chi connectivity index (χ1) is 13.7. The molecule has 5 heteroatoms. The van der Waals surface area contributed by atoms with Crippen LogP contribution >= 0.6 is 11.6 Å². The van der Waals surface area contributed by atoms with Gasteiger partial charge in [0.2, 0.25) is 5.88 Å². The van der Waals surface area contributed by atoms with Gasteiger partial charge in [0.15, 0.2) is 0 Å². The summed E-state index contributed by atoms with van der Waals surface area (Å²) in [6.45, 7) is 0. The molecule has 1 heterocycles. The van der Waals surface area contributed by atoms with Crippen molar-refractivity contribution in [2.24, 2.45) is 0 Å². The van der Waals surface area contributed by atoms with Gasteiger partial charge in [-0.3, -0.25) is 0 Å². The van der Waals surface area contributed by atoms with Gasteiger partial charge in [-0.1, -0.05) is 78.3 Å². The van der Waals surface area contributed by atoms with E-state index in [2.05, 4.69) is 22.3 Å². The second-order valence-electron chi connectivity index (χ2n) is 6.07. The van der Waals surface area contributed by atoms with E-state index in [9.17, 15) is 4.79 Å². The van der Waals surface area contributed by atoms with E-state index in [1.54, 1.807) is 36.4 Å². The van der Waals surface area contributed by atoms with Crippen molar-refractivity contribution < 1.29 is 9.53 Å². The van der Waals surface area contributed by atoms with E-state index < -0.39 is 5.97 Å². The molecule has 4 nitrogen and oxygen atoms in total. The molecule has 0 unspecified atom stereocenters. The molecule has 4 rings (SSSR count). The van der Waals surface area contributed by atoms with Gasteiger partial charge in [-0.2, -0.15) is 0 Å². The van der Waals surface area contributed by atoms with Crippen LogP contribution in [0.3, 0.4) is 0 Å². The molecule has 0 radical (unpaired) electrons. The van der Waals surface area contributed by atoms with Gasteiger partial charge in [0, 0.05) is 11.6 Å². The highest BCUT2D eigenvalue weighted by Crippen LogP contribution is 2.24. The molecule has 0 saturated carbocycles. The van der Waals surface area contributed by atoms with E-state index in [1.165, 1.54) is 0 Å². The Hall–Kier alpha value is -3.50. The molecule has 0 N–H and O–H groups in total. The Balaban J connectivity index is 1.49. The van der Waals surface area contributed by atoms with Crippen LogP contribution in [0, 0.1) is 0 Å². The summed E-state index contributed by atoms with van der Waals surface area (Å²) in [5.74, 6) is -0.450. The molecule has 28 heavy (non-hydrogen) atoms. The second-order valence-corrected chi connectivity index (χ2v) is 6.48. The number of carbonyl (C=O) groups excluding carboxylic acids is 1. The molecular formula is C23H15ClN2O2. The van der Waals surface area contributed by atoms with Gasteiger partial charge in [-0.25, -0.2) is 4.79 Å². The molecular weight excluding hydrogens is 372 g/mol. The normalized spacial score (nSPS) is 10.5. The predicted molar refractivity (Wildman–Crippen MR) is 109 cm³/mol. The van der Waals surface area contributed by atoms with Crippen LogP contribution in [0.15, 0.2) is 91.0 Å². The van der Waals surface area contributed by atoms with Crippen LogP contribution in [0.2, 0.25) is 5.02 Å². The maximum atomic E-state index is 12.2. The summed E-state index contributed by atoms with van der Waals surface area (Å²) in [4.78, 5) is 12.2. The SMILES string of the molecule is O=C(Oc1ccc(-c2ccc(-c3ccccc3)cc2)nn1)c1ccccc1Cl. The maximum Gasteiger partial charge on any atom is 0.346 e. The topological polar surface area (TPSA) is 52.1 Å². The first kappa shape index (κ1) is 17.9. The van der Waals surface area contributed by atoms with Crippen molar-refractivity contribution in [3.63, 3.8) is 0 Å². The van der Waals surface area contributed by atoms with E-state index in [-0.39, 0.29) is 11.4 Å². The number of ether oxygens (including phenoxy) is 1. The number of benzene rings is 3. The zero-order chi connectivity index (χ0) is 19.3. The standard InChI is InChI=1S/C23H15ClN2O2/c24-20-9-5-4-8-19(20)23(27)28-22-15-14-21(25-26-22)18-12-10-17(11-13-18)16-6-2-1-3-7-16/h1-15H. The minimum Gasteiger partial charge on any atom is -0.402 e. The van der Waals surface area contributed by atoms with Crippen LogP contribution in [-0.2, 0) is 0 Å². The molecule has 0 bridgehead atoms. The highest BCUT2D eigenvalue weighted by Gasteiger charge is 2.13. The number of halogens is 1. The average molecular weight is 387 g/mol. The van der Waals surface area contributed by atoms with Crippen molar-refractivity contribution in [2.45, 2.75) is 0 Å². The minimum atomic E-state index is -0.570. The summed E-state index contributed by atoms with van der Waals surface area (Å²) in [5, 5.41) is 8.48. The van der Waals surface area contributed by atoms with E-state index in [0.29, 0.717) is 10.7 Å². The quantitative estimate of drug-likeness (QED) is 0.423. The molecule has 0 amide bonds. The van der Waals surface area contributed by atoms with E-state index >= 15 is 0 Å². The summed E-state index contributed by atoms with van der Waals surface area (Å²) < 4.78 is 5.25. The van der Waals surface area contributed by atoms with E-state index in [4.69, 9.17) is 16.3 Å². The summed E-state index contributed by atoms with van der Waals surface area (Å²) >= 11 is 6.01. The van der Waals surface area contributed by atoms with Crippen molar-refractivity contribution in [3.8, 4) is 28.3 Å². The van der Waals surface area contributed by atoms with Crippen molar-refractivity contribution in [2.75, 3.05) is 0 Å². The minimum absolute atomic E-state index is 0.120. The van der Waals surface area contributed by atoms with Crippen molar-refractivity contribution in [1.29, 1.82) is 0 Å². The lowest BCUT2D eigenvalue weighted by Gasteiger charge is -2.06. The third-order valence-corrected chi connectivity index (χ3v) is 4.55. The van der Waals surface area contributed by atoms with Crippen LogP contribution in [0.1, 0.15) is 10.4 Å². The van der Waals surface area contributed by atoms with Gasteiger partial charge in [0.05, 0.1) is 16.3 Å². The summed E-state index contributed by atoms with van der Waals surface area (Å²) in [6.07, 6.45) is 0. The van der Waals surface area contributed by atoms with Crippen LogP contribution < -0.4 is 4.74 Å². The van der Waals surface area contributed by atoms with E-state index in [1.807, 2.05) is 42.5 Å². The van der Waals surface area contributed by atoms with Crippen LogP contribution in [-0.4, -0.2) is 16.2 Å². The molecule has 1 aromatic heterocycles. The first-order valence-electron chi connectivity index (χ1n) is 8.67. The Morgan fingerprint density at radius 3 is 2.00 bits per heavy atom. The molecule has 0 fully saturated rings. The maximum absolute atomic E-state index is 12.2. The Bertz CT molecular complexity index is 1100. The third kappa shape index (κ3) is 3.92. The Labute approximate surface area is 167 Å². The first-order valence-corrected chi connectivity index (χ1v) is 9.05. The van der Waals surface area contributed by atoms with Crippen molar-refractivity contribution >= 4 is 17.6 Å². The molecule has 136 valence electrons. The summed E-state index contributed by atoms with van der Waals surface area (Å²) in [5.41, 5.74) is 4.18. The fourth-order valence-electron chi connectivity index (χ4n) is 2.77. The fraction of sp³-hybridized carbons (Fsp3) is 0. The second kappa shape index (κ2) is 8.03. The van der Waals surface area contributed by atoms with Crippen molar-refractivity contribution in [1.82, 2.24) is 10.2 Å². The molecule has 0 atom stereocenters. The number of nitrogens with zero attached hydrogens (tertiary/aromatic N) is 2. The van der Waals surface area contributed by atoms with Gasteiger partial charge >= 0.3 is 5.97 Å². The monoisotopic (exact) mass is 386 g/mol. The van der Waals surface area contributed by atoms with Gasteiger partial charge < -0.3 is 4.74 Å². The van der Waals surface area contributed by atoms with Gasteiger partial charge in [0.1, 0.15) is 0 Å². The van der Waals surface area contributed by atoms with Gasteiger partial charge in [0.25, 0.3) is 0 Å². The largest absolute Gasteiger partial charge is 0.402 e. The lowest BCUT2D eigenvalue weighted by atomic mass is 10.0. The summed E-state index contributed by atoms with van der Waals surface area (Å²) in [7, 11) is 0. The van der Waals surface area contributed by atoms with Crippen LogP contribution in [0.4, 0.5) is 0 Å².